The van der Waals surface area contributed by atoms with Gasteiger partial charge in [-0.05, 0) is 29.7 Å². The Hall–Kier alpha value is -2.24. The Morgan fingerprint density at radius 2 is 2.20 bits per heavy atom. The molecule has 0 saturated heterocycles. The largest absolute Gasteiger partial charge is 0.390 e. The molecular formula is C15H11N3OS. The molecule has 20 heavy (non-hydrogen) atoms. The van der Waals surface area contributed by atoms with E-state index >= 15 is 0 Å². The second kappa shape index (κ2) is 4.40. The van der Waals surface area contributed by atoms with Gasteiger partial charge in [0.25, 0.3) is 0 Å². The number of hydrogen-bond acceptors (Lipinski definition) is 4. The summed E-state index contributed by atoms with van der Waals surface area (Å²) >= 11 is 1.72. The zero-order chi connectivity index (χ0) is 13.5. The highest BCUT2D eigenvalue weighted by Crippen LogP contribution is 2.36. The summed E-state index contributed by atoms with van der Waals surface area (Å²) in [4.78, 5) is 12.9. The maximum absolute atomic E-state index is 9.13. The molecule has 0 fully saturated rings. The van der Waals surface area contributed by atoms with E-state index in [1.165, 1.54) is 15.0 Å². The van der Waals surface area contributed by atoms with Crippen molar-refractivity contribution in [3.63, 3.8) is 0 Å². The highest BCUT2D eigenvalue weighted by Gasteiger charge is 2.10. The zero-order valence-corrected chi connectivity index (χ0v) is 11.3. The molecule has 2 N–H and O–H groups in total. The highest BCUT2D eigenvalue weighted by atomic mass is 32.1. The first-order valence-corrected chi connectivity index (χ1v) is 7.08. The molecule has 4 heterocycles. The van der Waals surface area contributed by atoms with Crippen molar-refractivity contribution in [3.05, 3.63) is 48.5 Å². The van der Waals surface area contributed by atoms with Crippen molar-refractivity contribution >= 4 is 32.5 Å². The Labute approximate surface area is 118 Å². The van der Waals surface area contributed by atoms with Crippen LogP contribution < -0.4 is 0 Å². The van der Waals surface area contributed by atoms with Crippen LogP contribution >= 0.6 is 11.3 Å². The molecule has 0 atom stereocenters. The molecule has 0 spiro atoms. The van der Waals surface area contributed by atoms with Gasteiger partial charge in [0.1, 0.15) is 5.65 Å². The molecule has 0 saturated carbocycles. The van der Waals surface area contributed by atoms with E-state index in [-0.39, 0.29) is 6.61 Å². The minimum atomic E-state index is -0.0428. The lowest BCUT2D eigenvalue weighted by molar-refractivity contribution is 0.277. The summed E-state index contributed by atoms with van der Waals surface area (Å²) in [5.74, 6) is 0. The molecule has 0 unspecified atom stereocenters. The van der Waals surface area contributed by atoms with Gasteiger partial charge >= 0.3 is 0 Å². The van der Waals surface area contributed by atoms with E-state index in [0.717, 1.165) is 16.6 Å². The Morgan fingerprint density at radius 1 is 1.25 bits per heavy atom. The second-order valence-electron chi connectivity index (χ2n) is 4.58. The number of rotatable bonds is 2. The van der Waals surface area contributed by atoms with Crippen molar-refractivity contribution in [3.8, 4) is 10.4 Å². The van der Waals surface area contributed by atoms with Gasteiger partial charge in [0.05, 0.1) is 17.0 Å². The molecule has 4 nitrogen and oxygen atoms in total. The van der Waals surface area contributed by atoms with Crippen LogP contribution in [0, 0.1) is 0 Å². The van der Waals surface area contributed by atoms with Gasteiger partial charge in [-0.2, -0.15) is 0 Å². The fraction of sp³-hybridized carbons (Fsp3) is 0.0667. The summed E-state index contributed by atoms with van der Waals surface area (Å²) in [6.07, 6.45) is 5.67. The fourth-order valence-electron chi connectivity index (χ4n) is 2.35. The van der Waals surface area contributed by atoms with Gasteiger partial charge in [0, 0.05) is 34.4 Å². The smallest absolute Gasteiger partial charge is 0.138 e. The molecule has 0 aromatic carbocycles. The number of nitrogens with one attached hydrogen (secondary N) is 1. The molecule has 0 aliphatic rings. The lowest BCUT2D eigenvalue weighted by atomic mass is 10.1. The van der Waals surface area contributed by atoms with Crippen LogP contribution in [0.5, 0.6) is 0 Å². The number of fused-ring (bicyclic) bond motifs is 2. The number of aliphatic hydroxyl groups is 1. The van der Waals surface area contributed by atoms with Gasteiger partial charge in [-0.15, -0.1) is 11.3 Å². The van der Waals surface area contributed by atoms with Crippen LogP contribution in [-0.4, -0.2) is 20.1 Å². The summed E-state index contributed by atoms with van der Waals surface area (Å²) in [6, 6.07) is 8.05. The number of aliphatic hydroxyl groups excluding tert-OH is 1. The summed E-state index contributed by atoms with van der Waals surface area (Å²) in [6.45, 7) is -0.0428. The normalized spacial score (nSPS) is 11.4. The van der Waals surface area contributed by atoms with Crippen molar-refractivity contribution < 1.29 is 5.11 Å². The molecular weight excluding hydrogens is 270 g/mol. The van der Waals surface area contributed by atoms with Crippen LogP contribution in [0.2, 0.25) is 0 Å². The molecule has 0 aliphatic carbocycles. The number of aromatic nitrogens is 3. The maximum Gasteiger partial charge on any atom is 0.138 e. The molecule has 0 aliphatic heterocycles. The lowest BCUT2D eigenvalue weighted by Gasteiger charge is -1.97. The van der Waals surface area contributed by atoms with Gasteiger partial charge in [0.2, 0.25) is 0 Å². The van der Waals surface area contributed by atoms with Crippen LogP contribution in [-0.2, 0) is 6.61 Å². The summed E-state index contributed by atoms with van der Waals surface area (Å²) in [7, 11) is 0. The molecule has 4 aromatic heterocycles. The van der Waals surface area contributed by atoms with Crippen LogP contribution in [0.1, 0.15) is 5.69 Å². The number of aromatic amines is 1. The first-order chi connectivity index (χ1) is 9.85. The first-order valence-electron chi connectivity index (χ1n) is 6.27. The van der Waals surface area contributed by atoms with Crippen molar-refractivity contribution in [2.24, 2.45) is 0 Å². The van der Waals surface area contributed by atoms with E-state index in [1.54, 1.807) is 11.3 Å². The molecule has 0 radical (unpaired) electrons. The van der Waals surface area contributed by atoms with Gasteiger partial charge in [0.15, 0.2) is 0 Å². The number of nitrogens with zero attached hydrogens (tertiary/aromatic N) is 2. The number of hydrogen-bond donors (Lipinski definition) is 2. The third-order valence-corrected chi connectivity index (χ3v) is 4.47. The number of H-pyrrole nitrogens is 1. The van der Waals surface area contributed by atoms with Crippen molar-refractivity contribution in [2.45, 2.75) is 6.61 Å². The average Bonchev–Trinajstić information content (AvgIpc) is 3.09. The average molecular weight is 281 g/mol. The van der Waals surface area contributed by atoms with Gasteiger partial charge in [-0.1, -0.05) is 0 Å². The van der Waals surface area contributed by atoms with Crippen molar-refractivity contribution in [1.82, 2.24) is 15.0 Å². The SMILES string of the molecule is OCc1ccc2c(-c3cc4ccncc4s3)c[nH]c2n1. The molecule has 5 heteroatoms. The van der Waals surface area contributed by atoms with Gasteiger partial charge < -0.3 is 10.1 Å². The summed E-state index contributed by atoms with van der Waals surface area (Å²) < 4.78 is 1.18. The Balaban J connectivity index is 1.93. The Kier molecular flexibility index (Phi) is 2.55. The topological polar surface area (TPSA) is 61.8 Å². The predicted molar refractivity (Wildman–Crippen MR) is 80.6 cm³/mol. The predicted octanol–water partition coefficient (Wildman–Crippen LogP) is 3.33. The summed E-state index contributed by atoms with van der Waals surface area (Å²) in [5, 5.41) is 11.4. The van der Waals surface area contributed by atoms with Crippen LogP contribution in [0.15, 0.2) is 42.9 Å². The van der Waals surface area contributed by atoms with E-state index in [2.05, 4.69) is 21.0 Å². The van der Waals surface area contributed by atoms with E-state index in [4.69, 9.17) is 5.11 Å². The van der Waals surface area contributed by atoms with E-state index in [0.29, 0.717) is 5.69 Å². The van der Waals surface area contributed by atoms with Crippen molar-refractivity contribution in [2.75, 3.05) is 0 Å². The minimum Gasteiger partial charge on any atom is -0.390 e. The Bertz CT molecular complexity index is 877. The second-order valence-corrected chi connectivity index (χ2v) is 5.67. The number of pyridine rings is 2. The highest BCUT2D eigenvalue weighted by molar-refractivity contribution is 7.22. The van der Waals surface area contributed by atoms with Gasteiger partial charge in [-0.25, -0.2) is 4.98 Å². The molecule has 4 rings (SSSR count). The maximum atomic E-state index is 9.13. The zero-order valence-electron chi connectivity index (χ0n) is 10.5. The van der Waals surface area contributed by atoms with Gasteiger partial charge in [-0.3, -0.25) is 4.98 Å². The molecule has 0 amide bonds. The van der Waals surface area contributed by atoms with Crippen LogP contribution in [0.3, 0.4) is 0 Å². The number of thiophene rings is 1. The van der Waals surface area contributed by atoms with E-state index in [9.17, 15) is 0 Å². The minimum absolute atomic E-state index is 0.0428. The van der Waals surface area contributed by atoms with Crippen molar-refractivity contribution in [1.29, 1.82) is 0 Å². The van der Waals surface area contributed by atoms with E-state index < -0.39 is 0 Å². The standard InChI is InChI=1S/C15H11N3OS/c19-8-10-1-2-11-12(6-17-15(11)18-10)13-5-9-3-4-16-7-14(9)20-13/h1-7,19H,8H2,(H,17,18). The van der Waals surface area contributed by atoms with E-state index in [1.807, 2.05) is 36.8 Å². The quantitative estimate of drug-likeness (QED) is 0.592. The van der Waals surface area contributed by atoms with Crippen LogP contribution in [0.4, 0.5) is 0 Å². The molecule has 4 aromatic rings. The monoisotopic (exact) mass is 281 g/mol. The lowest BCUT2D eigenvalue weighted by Crippen LogP contribution is -1.88. The van der Waals surface area contributed by atoms with Crippen LogP contribution in [0.25, 0.3) is 31.6 Å². The third kappa shape index (κ3) is 1.71. The summed E-state index contributed by atoms with van der Waals surface area (Å²) in [5.41, 5.74) is 2.62. The first kappa shape index (κ1) is 11.6. The molecule has 0 bridgehead atoms. The Morgan fingerprint density at radius 3 is 3.05 bits per heavy atom. The molecule has 98 valence electrons. The fourth-order valence-corrected chi connectivity index (χ4v) is 3.41. The third-order valence-electron chi connectivity index (χ3n) is 3.35.